The Labute approximate surface area is 129 Å². The minimum absolute atomic E-state index is 0.0325. The fourth-order valence-corrected chi connectivity index (χ4v) is 2.93. The van der Waals surface area contributed by atoms with Crippen LogP contribution in [-0.2, 0) is 20.7 Å². The van der Waals surface area contributed by atoms with Gasteiger partial charge in [-0.3, -0.25) is 14.5 Å². The average molecular weight is 304 g/mol. The maximum atomic E-state index is 11.8. The van der Waals surface area contributed by atoms with Gasteiger partial charge in [0, 0.05) is 31.9 Å². The third kappa shape index (κ3) is 2.63. The van der Waals surface area contributed by atoms with Gasteiger partial charge in [-0.25, -0.2) is 4.98 Å². The Morgan fingerprint density at radius 3 is 2.82 bits per heavy atom. The van der Waals surface area contributed by atoms with Gasteiger partial charge in [-0.15, -0.1) is 0 Å². The summed E-state index contributed by atoms with van der Waals surface area (Å²) < 4.78 is 5.08. The number of ether oxygens (including phenoxy) is 1. The molecule has 2 aliphatic heterocycles. The Kier molecular flexibility index (Phi) is 3.96. The second-order valence-corrected chi connectivity index (χ2v) is 5.66. The standard InChI is InChI=1S/C15H20N4O3/c1-3-22-14(21)10-4-6-19(7-5-10)15-16-9-11-8-12(20)18(2)13(11)17-15/h9-10H,3-8H2,1-2H3. The number of carbonyl (C=O) groups excluding carboxylic acids is 2. The fraction of sp³-hybridized carbons (Fsp3) is 0.600. The fourth-order valence-electron chi connectivity index (χ4n) is 2.93. The topological polar surface area (TPSA) is 75.6 Å². The second-order valence-electron chi connectivity index (χ2n) is 5.66. The van der Waals surface area contributed by atoms with Crippen molar-refractivity contribution in [3.05, 3.63) is 11.8 Å². The third-order valence-electron chi connectivity index (χ3n) is 4.26. The number of anilines is 2. The summed E-state index contributed by atoms with van der Waals surface area (Å²) in [5.41, 5.74) is 0.873. The summed E-state index contributed by atoms with van der Waals surface area (Å²) in [7, 11) is 1.73. The minimum Gasteiger partial charge on any atom is -0.466 e. The SMILES string of the molecule is CCOC(=O)C1CCN(c2ncc3c(n2)N(C)C(=O)C3)CC1. The van der Waals surface area contributed by atoms with E-state index in [1.807, 2.05) is 6.92 Å². The summed E-state index contributed by atoms with van der Waals surface area (Å²) in [6.45, 7) is 3.69. The first-order valence-electron chi connectivity index (χ1n) is 7.64. The molecule has 2 aliphatic rings. The highest BCUT2D eigenvalue weighted by Gasteiger charge is 2.30. The van der Waals surface area contributed by atoms with Crippen LogP contribution in [0.25, 0.3) is 0 Å². The van der Waals surface area contributed by atoms with Gasteiger partial charge in [-0.05, 0) is 19.8 Å². The quantitative estimate of drug-likeness (QED) is 0.768. The molecule has 1 amide bonds. The van der Waals surface area contributed by atoms with E-state index in [9.17, 15) is 9.59 Å². The Balaban J connectivity index is 1.68. The lowest BCUT2D eigenvalue weighted by Gasteiger charge is -2.31. The molecule has 3 rings (SSSR count). The van der Waals surface area contributed by atoms with Crippen LogP contribution < -0.4 is 9.80 Å². The van der Waals surface area contributed by atoms with Gasteiger partial charge >= 0.3 is 5.97 Å². The Hall–Kier alpha value is -2.18. The Morgan fingerprint density at radius 2 is 2.14 bits per heavy atom. The summed E-state index contributed by atoms with van der Waals surface area (Å²) in [4.78, 5) is 36.0. The first kappa shape index (κ1) is 14.7. The van der Waals surface area contributed by atoms with Crippen molar-refractivity contribution < 1.29 is 14.3 Å². The Bertz CT molecular complexity index is 596. The highest BCUT2D eigenvalue weighted by Crippen LogP contribution is 2.28. The van der Waals surface area contributed by atoms with E-state index in [1.54, 1.807) is 18.1 Å². The molecule has 1 aromatic rings. The van der Waals surface area contributed by atoms with Crippen molar-refractivity contribution in [3.8, 4) is 0 Å². The van der Waals surface area contributed by atoms with Crippen molar-refractivity contribution in [1.82, 2.24) is 9.97 Å². The minimum atomic E-state index is -0.109. The van der Waals surface area contributed by atoms with Gasteiger partial charge in [0.25, 0.3) is 0 Å². The highest BCUT2D eigenvalue weighted by atomic mass is 16.5. The van der Waals surface area contributed by atoms with Gasteiger partial charge in [0.05, 0.1) is 18.9 Å². The number of hydrogen-bond acceptors (Lipinski definition) is 6. The van der Waals surface area contributed by atoms with Crippen molar-refractivity contribution in [2.75, 3.05) is 36.5 Å². The smallest absolute Gasteiger partial charge is 0.309 e. The average Bonchev–Trinajstić information content (AvgIpc) is 2.82. The van der Waals surface area contributed by atoms with E-state index in [-0.39, 0.29) is 17.8 Å². The van der Waals surface area contributed by atoms with Gasteiger partial charge in [0.15, 0.2) is 0 Å². The number of piperidine rings is 1. The summed E-state index contributed by atoms with van der Waals surface area (Å²) in [6.07, 6.45) is 3.59. The van der Waals surface area contributed by atoms with E-state index >= 15 is 0 Å². The van der Waals surface area contributed by atoms with Crippen molar-refractivity contribution in [2.45, 2.75) is 26.2 Å². The number of esters is 1. The molecule has 118 valence electrons. The van der Waals surface area contributed by atoms with Crippen LogP contribution in [-0.4, -0.2) is 48.6 Å². The van der Waals surface area contributed by atoms with Crippen LogP contribution in [0.4, 0.5) is 11.8 Å². The lowest BCUT2D eigenvalue weighted by atomic mass is 9.97. The van der Waals surface area contributed by atoms with E-state index in [4.69, 9.17) is 4.74 Å². The van der Waals surface area contributed by atoms with Crippen molar-refractivity contribution >= 4 is 23.6 Å². The molecule has 0 aromatic carbocycles. The molecule has 0 bridgehead atoms. The molecule has 1 aromatic heterocycles. The molecule has 0 unspecified atom stereocenters. The molecule has 22 heavy (non-hydrogen) atoms. The van der Waals surface area contributed by atoms with Crippen molar-refractivity contribution in [3.63, 3.8) is 0 Å². The van der Waals surface area contributed by atoms with Gasteiger partial charge in [-0.1, -0.05) is 0 Å². The molecule has 0 radical (unpaired) electrons. The molecule has 1 fully saturated rings. The number of fused-ring (bicyclic) bond motifs is 1. The van der Waals surface area contributed by atoms with Crippen LogP contribution in [0, 0.1) is 5.92 Å². The first-order chi connectivity index (χ1) is 10.6. The maximum absolute atomic E-state index is 11.8. The van der Waals surface area contributed by atoms with Crippen molar-refractivity contribution in [1.29, 1.82) is 0 Å². The molecule has 0 aliphatic carbocycles. The zero-order valence-electron chi connectivity index (χ0n) is 12.9. The van der Waals surface area contributed by atoms with Crippen LogP contribution in [0.2, 0.25) is 0 Å². The maximum Gasteiger partial charge on any atom is 0.309 e. The van der Waals surface area contributed by atoms with Crippen molar-refractivity contribution in [2.24, 2.45) is 5.92 Å². The van der Waals surface area contributed by atoms with Crippen LogP contribution >= 0.6 is 0 Å². The normalized spacial score (nSPS) is 18.5. The third-order valence-corrected chi connectivity index (χ3v) is 4.26. The molecule has 0 atom stereocenters. The summed E-state index contributed by atoms with van der Waals surface area (Å²) in [5, 5.41) is 0. The lowest BCUT2D eigenvalue weighted by Crippen LogP contribution is -2.38. The predicted molar refractivity (Wildman–Crippen MR) is 80.7 cm³/mol. The van der Waals surface area contributed by atoms with E-state index in [1.165, 1.54) is 0 Å². The monoisotopic (exact) mass is 304 g/mol. The molecule has 7 nitrogen and oxygen atoms in total. The van der Waals surface area contributed by atoms with E-state index in [0.29, 0.717) is 24.8 Å². The largest absolute Gasteiger partial charge is 0.466 e. The van der Waals surface area contributed by atoms with Crippen LogP contribution in [0.5, 0.6) is 0 Å². The van der Waals surface area contributed by atoms with Gasteiger partial charge in [0.2, 0.25) is 11.9 Å². The first-order valence-corrected chi connectivity index (χ1v) is 7.64. The zero-order chi connectivity index (χ0) is 15.7. The van der Waals surface area contributed by atoms with Crippen LogP contribution in [0.1, 0.15) is 25.3 Å². The molecular formula is C15H20N4O3. The number of amides is 1. The number of carbonyl (C=O) groups is 2. The van der Waals surface area contributed by atoms with E-state index in [0.717, 1.165) is 31.5 Å². The van der Waals surface area contributed by atoms with Gasteiger partial charge in [0.1, 0.15) is 5.82 Å². The molecule has 1 saturated heterocycles. The number of rotatable bonds is 3. The predicted octanol–water partition coefficient (Wildman–Crippen LogP) is 0.775. The molecule has 0 N–H and O–H groups in total. The highest BCUT2D eigenvalue weighted by molar-refractivity contribution is 5.99. The summed E-state index contributed by atoms with van der Waals surface area (Å²) in [6, 6.07) is 0. The van der Waals surface area contributed by atoms with E-state index < -0.39 is 0 Å². The molecule has 3 heterocycles. The lowest BCUT2D eigenvalue weighted by molar-refractivity contribution is -0.148. The number of nitrogens with zero attached hydrogens (tertiary/aromatic N) is 4. The van der Waals surface area contributed by atoms with Crippen LogP contribution in [0.3, 0.4) is 0 Å². The molecular weight excluding hydrogens is 284 g/mol. The molecule has 7 heteroatoms. The van der Waals surface area contributed by atoms with Gasteiger partial charge < -0.3 is 9.64 Å². The summed E-state index contributed by atoms with van der Waals surface area (Å²) in [5.74, 6) is 1.23. The number of aromatic nitrogens is 2. The Morgan fingerprint density at radius 1 is 1.41 bits per heavy atom. The van der Waals surface area contributed by atoms with Gasteiger partial charge in [-0.2, -0.15) is 4.98 Å². The number of hydrogen-bond donors (Lipinski definition) is 0. The molecule has 0 spiro atoms. The zero-order valence-corrected chi connectivity index (χ0v) is 12.9. The second kappa shape index (κ2) is 5.90. The summed E-state index contributed by atoms with van der Waals surface area (Å²) >= 11 is 0. The van der Waals surface area contributed by atoms with Crippen LogP contribution in [0.15, 0.2) is 6.20 Å². The van der Waals surface area contributed by atoms with E-state index in [2.05, 4.69) is 14.9 Å². The molecule has 0 saturated carbocycles. The number of likely N-dealkylation sites (N-methyl/N-ethyl adjacent to an activating group) is 1.